The zero-order valence-electron chi connectivity index (χ0n) is 7.63. The molecule has 2 bridgehead atoms. The molecule has 0 aromatic carbocycles. The van der Waals surface area contributed by atoms with E-state index in [9.17, 15) is 0 Å². The van der Waals surface area contributed by atoms with Crippen LogP contribution in [0.4, 0.5) is 0 Å². The Kier molecular flexibility index (Phi) is 2.16. The molecule has 0 saturated heterocycles. The van der Waals surface area contributed by atoms with E-state index in [1.807, 2.05) is 0 Å². The summed E-state index contributed by atoms with van der Waals surface area (Å²) in [4.78, 5) is 0.706. The second-order valence-electron chi connectivity index (χ2n) is 3.89. The summed E-state index contributed by atoms with van der Waals surface area (Å²) in [6.45, 7) is 4.62. The average Bonchev–Trinajstić information content (AvgIpc) is 2.35. The van der Waals surface area contributed by atoms with E-state index < -0.39 is 0 Å². The van der Waals surface area contributed by atoms with Gasteiger partial charge in [-0.1, -0.05) is 53.6 Å². The van der Waals surface area contributed by atoms with Crippen LogP contribution >= 0.6 is 15.9 Å². The Balaban J connectivity index is 2.28. The highest BCUT2D eigenvalue weighted by Crippen LogP contribution is 2.51. The van der Waals surface area contributed by atoms with Crippen LogP contribution in [0.15, 0.2) is 23.8 Å². The van der Waals surface area contributed by atoms with Crippen LogP contribution in [0.1, 0.15) is 20.3 Å². The molecule has 0 heterocycles. The molecule has 0 radical (unpaired) electrons. The Morgan fingerprint density at radius 3 is 2.83 bits per heavy atom. The Hall–Kier alpha value is -0.0400. The van der Waals surface area contributed by atoms with Crippen molar-refractivity contribution in [2.75, 3.05) is 0 Å². The van der Waals surface area contributed by atoms with Crippen molar-refractivity contribution in [3.63, 3.8) is 0 Å². The predicted molar refractivity (Wildman–Crippen MR) is 56.4 cm³/mol. The Labute approximate surface area is 82.9 Å². The number of fused-ring (bicyclic) bond motifs is 1. The largest absolute Gasteiger partial charge is 0.0878 e. The summed E-state index contributed by atoms with van der Waals surface area (Å²) in [7, 11) is 0. The van der Waals surface area contributed by atoms with Crippen molar-refractivity contribution in [2.45, 2.75) is 25.1 Å². The topological polar surface area (TPSA) is 0 Å². The van der Waals surface area contributed by atoms with Gasteiger partial charge in [0, 0.05) is 4.83 Å². The van der Waals surface area contributed by atoms with Crippen LogP contribution in [0.25, 0.3) is 0 Å². The smallest absolute Gasteiger partial charge is 0.0279 e. The maximum atomic E-state index is 3.78. The molecule has 0 amide bonds. The third-order valence-corrected chi connectivity index (χ3v) is 4.54. The molecular formula is C11H15Br. The van der Waals surface area contributed by atoms with Crippen LogP contribution in [0, 0.1) is 17.8 Å². The molecule has 1 fully saturated rings. The number of halogens is 1. The van der Waals surface area contributed by atoms with Gasteiger partial charge < -0.3 is 0 Å². The fourth-order valence-corrected chi connectivity index (χ4v) is 3.99. The molecule has 0 aromatic heterocycles. The number of rotatable bonds is 1. The van der Waals surface area contributed by atoms with Gasteiger partial charge in [0.15, 0.2) is 0 Å². The Morgan fingerprint density at radius 2 is 2.25 bits per heavy atom. The molecule has 66 valence electrons. The van der Waals surface area contributed by atoms with Crippen molar-refractivity contribution in [3.05, 3.63) is 23.8 Å². The summed E-state index contributed by atoms with van der Waals surface area (Å²) in [5.74, 6) is 2.42. The first kappa shape index (κ1) is 8.55. The molecule has 1 saturated carbocycles. The first-order valence-electron chi connectivity index (χ1n) is 4.77. The standard InChI is InChI=1S/C11H15Br/c1-3-8-5-4-6-9-7(2)10(8)11(9)12/h4-7,9-11H,3H2,1-2H3. The SMILES string of the molecule is CCC1=CC=CC2C(C)C1C2Br. The predicted octanol–water partition coefficient (Wildman–Crippen LogP) is 3.54. The molecule has 0 aromatic rings. The number of hydrogen-bond donors (Lipinski definition) is 0. The van der Waals surface area contributed by atoms with E-state index in [4.69, 9.17) is 0 Å². The normalized spacial score (nSPS) is 44.8. The van der Waals surface area contributed by atoms with Crippen molar-refractivity contribution in [1.29, 1.82) is 0 Å². The fraction of sp³-hybridized carbons (Fsp3) is 0.636. The molecule has 0 aliphatic heterocycles. The van der Waals surface area contributed by atoms with E-state index in [2.05, 4.69) is 48.0 Å². The van der Waals surface area contributed by atoms with Crippen LogP contribution in [0.5, 0.6) is 0 Å². The van der Waals surface area contributed by atoms with Gasteiger partial charge >= 0.3 is 0 Å². The first-order chi connectivity index (χ1) is 5.75. The van der Waals surface area contributed by atoms with Gasteiger partial charge in [-0.05, 0) is 24.2 Å². The second kappa shape index (κ2) is 3.02. The van der Waals surface area contributed by atoms with E-state index >= 15 is 0 Å². The average molecular weight is 227 g/mol. The molecule has 3 aliphatic carbocycles. The zero-order valence-corrected chi connectivity index (χ0v) is 9.21. The Morgan fingerprint density at radius 1 is 1.50 bits per heavy atom. The molecule has 1 heteroatoms. The maximum absolute atomic E-state index is 3.78. The Bertz CT molecular complexity index is 229. The highest BCUT2D eigenvalue weighted by atomic mass is 79.9. The van der Waals surface area contributed by atoms with Gasteiger partial charge in [0.2, 0.25) is 0 Å². The van der Waals surface area contributed by atoms with Gasteiger partial charge in [-0.2, -0.15) is 0 Å². The number of hydrogen-bond acceptors (Lipinski definition) is 0. The van der Waals surface area contributed by atoms with Crippen LogP contribution in [-0.2, 0) is 0 Å². The molecule has 0 nitrogen and oxygen atoms in total. The van der Waals surface area contributed by atoms with E-state index in [0.717, 1.165) is 17.8 Å². The fourth-order valence-electron chi connectivity index (χ4n) is 2.51. The van der Waals surface area contributed by atoms with Crippen molar-refractivity contribution in [1.82, 2.24) is 0 Å². The van der Waals surface area contributed by atoms with Gasteiger partial charge in [0.1, 0.15) is 0 Å². The minimum atomic E-state index is 0.706. The summed E-state index contributed by atoms with van der Waals surface area (Å²) >= 11 is 3.78. The van der Waals surface area contributed by atoms with Gasteiger partial charge in [-0.3, -0.25) is 0 Å². The molecule has 3 rings (SSSR count). The highest BCUT2D eigenvalue weighted by Gasteiger charge is 2.46. The maximum Gasteiger partial charge on any atom is 0.0279 e. The summed E-state index contributed by atoms with van der Waals surface area (Å²) in [6, 6.07) is 0. The highest BCUT2D eigenvalue weighted by molar-refractivity contribution is 9.09. The first-order valence-corrected chi connectivity index (χ1v) is 5.68. The lowest BCUT2D eigenvalue weighted by molar-refractivity contribution is 0.178. The lowest BCUT2D eigenvalue weighted by Gasteiger charge is -2.47. The van der Waals surface area contributed by atoms with Crippen molar-refractivity contribution >= 4 is 15.9 Å². The van der Waals surface area contributed by atoms with Crippen molar-refractivity contribution in [2.24, 2.45) is 17.8 Å². The van der Waals surface area contributed by atoms with Gasteiger partial charge in [0.05, 0.1) is 0 Å². The zero-order chi connectivity index (χ0) is 8.72. The van der Waals surface area contributed by atoms with Gasteiger partial charge in [-0.25, -0.2) is 0 Å². The third kappa shape index (κ3) is 1.02. The molecule has 12 heavy (non-hydrogen) atoms. The van der Waals surface area contributed by atoms with Gasteiger partial charge in [0.25, 0.3) is 0 Å². The molecule has 4 unspecified atom stereocenters. The van der Waals surface area contributed by atoms with Gasteiger partial charge in [-0.15, -0.1) is 0 Å². The third-order valence-electron chi connectivity index (χ3n) is 3.36. The number of allylic oxidation sites excluding steroid dienone is 4. The molecular weight excluding hydrogens is 212 g/mol. The monoisotopic (exact) mass is 226 g/mol. The van der Waals surface area contributed by atoms with Crippen LogP contribution in [0.2, 0.25) is 0 Å². The minimum absolute atomic E-state index is 0.706. The quantitative estimate of drug-likeness (QED) is 0.601. The van der Waals surface area contributed by atoms with Crippen molar-refractivity contribution in [3.8, 4) is 0 Å². The van der Waals surface area contributed by atoms with Crippen molar-refractivity contribution < 1.29 is 0 Å². The molecule has 0 spiro atoms. The van der Waals surface area contributed by atoms with Crippen LogP contribution in [-0.4, -0.2) is 4.83 Å². The van der Waals surface area contributed by atoms with E-state index in [0.29, 0.717) is 4.83 Å². The van der Waals surface area contributed by atoms with E-state index in [1.54, 1.807) is 5.57 Å². The summed E-state index contributed by atoms with van der Waals surface area (Å²) in [6.07, 6.45) is 8.10. The molecule has 4 atom stereocenters. The van der Waals surface area contributed by atoms with Crippen LogP contribution < -0.4 is 0 Å². The second-order valence-corrected chi connectivity index (χ2v) is 4.94. The lowest BCUT2D eigenvalue weighted by Crippen LogP contribution is -2.45. The van der Waals surface area contributed by atoms with E-state index in [1.165, 1.54) is 6.42 Å². The number of alkyl halides is 1. The van der Waals surface area contributed by atoms with E-state index in [-0.39, 0.29) is 0 Å². The van der Waals surface area contributed by atoms with Crippen LogP contribution in [0.3, 0.4) is 0 Å². The molecule has 0 N–H and O–H groups in total. The summed E-state index contributed by atoms with van der Waals surface area (Å²) < 4.78 is 0. The summed E-state index contributed by atoms with van der Waals surface area (Å²) in [5, 5.41) is 0. The minimum Gasteiger partial charge on any atom is -0.0878 e. The lowest BCUT2D eigenvalue weighted by atomic mass is 9.63. The molecule has 3 aliphatic rings. The summed E-state index contributed by atoms with van der Waals surface area (Å²) in [5.41, 5.74) is 1.62.